The largest absolute Gasteiger partial charge is 0.450 e. The number of imide groups is 2. The van der Waals surface area contributed by atoms with E-state index in [1.807, 2.05) is 0 Å². The van der Waals surface area contributed by atoms with Crippen LogP contribution in [0.4, 0.5) is 4.79 Å². The lowest BCUT2D eigenvalue weighted by molar-refractivity contribution is -0.164. The summed E-state index contributed by atoms with van der Waals surface area (Å²) in [4.78, 5) is 66.0. The first-order valence-corrected chi connectivity index (χ1v) is 9.26. The molecule has 10 nitrogen and oxygen atoms in total. The number of urea groups is 1. The van der Waals surface area contributed by atoms with Crippen LogP contribution in [-0.2, 0) is 23.7 Å². The van der Waals surface area contributed by atoms with E-state index in [0.29, 0.717) is 10.6 Å². The number of aromatic nitrogens is 2. The van der Waals surface area contributed by atoms with Crippen molar-refractivity contribution in [2.75, 3.05) is 14.1 Å². The van der Waals surface area contributed by atoms with Gasteiger partial charge in [0.05, 0.1) is 11.5 Å². The van der Waals surface area contributed by atoms with Crippen molar-refractivity contribution in [2.45, 2.75) is 11.5 Å². The SMILES string of the molecule is CN1C(=O)N(C)C(=O)C2(Oc3c(c(=O)n(C)c(=O)n3C)C2c2ccc(Cl)cc2)C1=O. The Labute approximate surface area is 174 Å². The highest BCUT2D eigenvalue weighted by Gasteiger charge is 2.68. The van der Waals surface area contributed by atoms with Gasteiger partial charge in [-0.1, -0.05) is 23.7 Å². The topological polar surface area (TPSA) is 111 Å². The Bertz CT molecular complexity index is 1220. The number of nitrogens with zero attached hydrogens (tertiary/aromatic N) is 4. The van der Waals surface area contributed by atoms with Gasteiger partial charge in [0.1, 0.15) is 0 Å². The quantitative estimate of drug-likeness (QED) is 0.589. The van der Waals surface area contributed by atoms with Crippen LogP contribution >= 0.6 is 11.6 Å². The molecule has 0 N–H and O–H groups in total. The minimum atomic E-state index is -2.26. The number of likely N-dealkylation sites (N-methyl/N-ethyl adjacent to an activating group) is 2. The normalized spacial score (nSPS) is 20.0. The number of benzene rings is 1. The number of fused-ring (bicyclic) bond motifs is 1. The first-order valence-electron chi connectivity index (χ1n) is 8.88. The average molecular weight is 433 g/mol. The van der Waals surface area contributed by atoms with Crippen molar-refractivity contribution in [3.63, 3.8) is 0 Å². The van der Waals surface area contributed by atoms with Crippen molar-refractivity contribution in [3.05, 3.63) is 61.3 Å². The summed E-state index contributed by atoms with van der Waals surface area (Å²) in [5.41, 5.74) is -3.27. The molecule has 1 spiro atoms. The van der Waals surface area contributed by atoms with Crippen molar-refractivity contribution < 1.29 is 19.1 Å². The van der Waals surface area contributed by atoms with Gasteiger partial charge < -0.3 is 4.74 Å². The minimum Gasteiger partial charge on any atom is -0.450 e. The Morgan fingerprint density at radius 1 is 0.867 bits per heavy atom. The molecule has 1 aromatic carbocycles. The standard InChI is InChI=1S/C19H17ClN4O6/c1-21-13(25)11-12(9-5-7-10(20)8-6-9)19(30-14(11)22(2)17(21)28)15(26)23(3)18(29)24(4)16(19)27/h5-8,12H,1-4H3. The summed E-state index contributed by atoms with van der Waals surface area (Å²) in [6.45, 7) is 0. The molecule has 4 rings (SSSR count). The average Bonchev–Trinajstić information content (AvgIpc) is 3.10. The first kappa shape index (κ1) is 19.9. The van der Waals surface area contributed by atoms with E-state index in [2.05, 4.69) is 0 Å². The maximum Gasteiger partial charge on any atom is 0.333 e. The molecule has 1 aromatic heterocycles. The van der Waals surface area contributed by atoms with Crippen LogP contribution in [0.5, 0.6) is 5.88 Å². The molecule has 4 amide bonds. The van der Waals surface area contributed by atoms with Crippen molar-refractivity contribution in [1.82, 2.24) is 18.9 Å². The van der Waals surface area contributed by atoms with Crippen LogP contribution in [0.25, 0.3) is 0 Å². The highest BCUT2D eigenvalue weighted by atomic mass is 35.5. The summed E-state index contributed by atoms with van der Waals surface area (Å²) < 4.78 is 7.81. The van der Waals surface area contributed by atoms with Crippen LogP contribution in [0.1, 0.15) is 17.0 Å². The van der Waals surface area contributed by atoms with Gasteiger partial charge in [0.25, 0.3) is 23.0 Å². The Morgan fingerprint density at radius 3 is 1.93 bits per heavy atom. The molecule has 1 fully saturated rings. The maximum atomic E-state index is 13.3. The Balaban J connectivity index is 2.12. The summed E-state index contributed by atoms with van der Waals surface area (Å²) >= 11 is 5.98. The van der Waals surface area contributed by atoms with Gasteiger partial charge in [0, 0.05) is 33.2 Å². The molecule has 0 radical (unpaired) electrons. The van der Waals surface area contributed by atoms with E-state index in [9.17, 15) is 24.0 Å². The number of hydrogen-bond donors (Lipinski definition) is 0. The lowest BCUT2D eigenvalue weighted by Crippen LogP contribution is -2.70. The molecule has 2 aliphatic heterocycles. The number of barbiturate groups is 1. The molecule has 2 aliphatic rings. The van der Waals surface area contributed by atoms with Crippen LogP contribution in [0.3, 0.4) is 0 Å². The Morgan fingerprint density at radius 2 is 1.40 bits per heavy atom. The smallest absolute Gasteiger partial charge is 0.333 e. The lowest BCUT2D eigenvalue weighted by Gasteiger charge is -2.41. The molecule has 0 bridgehead atoms. The third kappa shape index (κ3) is 2.28. The van der Waals surface area contributed by atoms with E-state index in [-0.39, 0.29) is 11.4 Å². The Hall–Kier alpha value is -3.40. The fourth-order valence-corrected chi connectivity index (χ4v) is 4.14. The molecule has 156 valence electrons. The second-order valence-corrected chi connectivity index (χ2v) is 7.69. The van der Waals surface area contributed by atoms with Gasteiger partial charge in [0.15, 0.2) is 0 Å². The molecule has 1 saturated heterocycles. The van der Waals surface area contributed by atoms with Crippen LogP contribution in [-0.4, -0.2) is 56.5 Å². The summed E-state index contributed by atoms with van der Waals surface area (Å²) in [6.07, 6.45) is 0. The molecular formula is C19H17ClN4O6. The summed E-state index contributed by atoms with van der Waals surface area (Å²) in [5.74, 6) is -3.25. The zero-order valence-electron chi connectivity index (χ0n) is 16.5. The molecule has 11 heteroatoms. The van der Waals surface area contributed by atoms with Crippen LogP contribution in [0.2, 0.25) is 5.02 Å². The van der Waals surface area contributed by atoms with E-state index >= 15 is 0 Å². The number of rotatable bonds is 1. The fourth-order valence-electron chi connectivity index (χ4n) is 4.02. The monoisotopic (exact) mass is 432 g/mol. The Kier molecular flexibility index (Phi) is 4.18. The molecule has 1 atom stereocenters. The molecule has 1 unspecified atom stereocenters. The second kappa shape index (κ2) is 6.30. The van der Waals surface area contributed by atoms with Gasteiger partial charge >= 0.3 is 11.7 Å². The number of carbonyl (C=O) groups excluding carboxylic acids is 3. The number of carbonyl (C=O) groups is 3. The summed E-state index contributed by atoms with van der Waals surface area (Å²) in [6, 6.07) is 5.40. The zero-order chi connectivity index (χ0) is 22.1. The molecule has 3 heterocycles. The van der Waals surface area contributed by atoms with Gasteiger partial charge in [-0.3, -0.25) is 33.3 Å². The summed E-state index contributed by atoms with van der Waals surface area (Å²) in [7, 11) is 5.10. The minimum absolute atomic E-state index is 0.0280. The molecular weight excluding hydrogens is 416 g/mol. The van der Waals surface area contributed by atoms with Gasteiger partial charge in [-0.25, -0.2) is 9.59 Å². The predicted octanol–water partition coefficient (Wildman–Crippen LogP) is 0.0509. The van der Waals surface area contributed by atoms with E-state index in [1.165, 1.54) is 28.2 Å². The van der Waals surface area contributed by atoms with Gasteiger partial charge in [0.2, 0.25) is 5.88 Å². The summed E-state index contributed by atoms with van der Waals surface area (Å²) in [5, 5.41) is 0.408. The van der Waals surface area contributed by atoms with Crippen molar-refractivity contribution in [3.8, 4) is 5.88 Å². The highest BCUT2D eigenvalue weighted by molar-refractivity contribution is 6.30. The van der Waals surface area contributed by atoms with Crippen molar-refractivity contribution in [1.29, 1.82) is 0 Å². The number of amides is 4. The third-order valence-electron chi connectivity index (χ3n) is 5.62. The van der Waals surface area contributed by atoms with Crippen LogP contribution in [0, 0.1) is 0 Å². The van der Waals surface area contributed by atoms with Crippen molar-refractivity contribution >= 4 is 29.4 Å². The van der Waals surface area contributed by atoms with Gasteiger partial charge in [-0.15, -0.1) is 0 Å². The van der Waals surface area contributed by atoms with Crippen molar-refractivity contribution in [2.24, 2.45) is 14.1 Å². The number of hydrogen-bond acceptors (Lipinski definition) is 6. The number of halogens is 1. The predicted molar refractivity (Wildman–Crippen MR) is 105 cm³/mol. The third-order valence-corrected chi connectivity index (χ3v) is 5.87. The van der Waals surface area contributed by atoms with E-state index < -0.39 is 40.6 Å². The second-order valence-electron chi connectivity index (χ2n) is 7.26. The van der Waals surface area contributed by atoms with Crippen LogP contribution < -0.4 is 16.0 Å². The first-order chi connectivity index (χ1) is 14.0. The molecule has 30 heavy (non-hydrogen) atoms. The van der Waals surface area contributed by atoms with Gasteiger partial charge in [-0.2, -0.15) is 0 Å². The van der Waals surface area contributed by atoms with E-state index in [1.54, 1.807) is 24.3 Å². The fraction of sp³-hybridized carbons (Fsp3) is 0.316. The molecule has 2 aromatic rings. The maximum absolute atomic E-state index is 13.3. The molecule has 0 saturated carbocycles. The van der Waals surface area contributed by atoms with E-state index in [0.717, 1.165) is 18.9 Å². The number of ether oxygens (including phenoxy) is 1. The lowest BCUT2D eigenvalue weighted by atomic mass is 9.77. The van der Waals surface area contributed by atoms with Gasteiger partial charge in [-0.05, 0) is 17.7 Å². The molecule has 0 aliphatic carbocycles. The highest BCUT2D eigenvalue weighted by Crippen LogP contribution is 2.49. The van der Waals surface area contributed by atoms with Crippen LogP contribution in [0.15, 0.2) is 33.9 Å². The zero-order valence-corrected chi connectivity index (χ0v) is 17.3. The van der Waals surface area contributed by atoms with E-state index in [4.69, 9.17) is 16.3 Å².